The summed E-state index contributed by atoms with van der Waals surface area (Å²) in [6.45, 7) is 2.03. The van der Waals surface area contributed by atoms with Crippen LogP contribution in [0, 0.1) is 12.8 Å². The van der Waals surface area contributed by atoms with Gasteiger partial charge in [0.1, 0.15) is 0 Å². The molecule has 0 aromatic heterocycles. The molecule has 0 heterocycles. The number of aliphatic hydroxyl groups excluding tert-OH is 1. The average Bonchev–Trinajstić information content (AvgIpc) is 3.04. The van der Waals surface area contributed by atoms with E-state index in [0.29, 0.717) is 12.3 Å². The molecule has 0 saturated heterocycles. The van der Waals surface area contributed by atoms with Crippen molar-refractivity contribution in [3.63, 3.8) is 0 Å². The number of carbonyl (C=O) groups is 2. The first-order chi connectivity index (χ1) is 11.1. The van der Waals surface area contributed by atoms with Gasteiger partial charge in [0.2, 0.25) is 11.8 Å². The quantitative estimate of drug-likeness (QED) is 0.718. The Kier molecular flexibility index (Phi) is 6.59. The van der Waals surface area contributed by atoms with Crippen molar-refractivity contribution in [2.45, 2.75) is 45.1 Å². The third-order valence-corrected chi connectivity index (χ3v) is 4.43. The smallest absolute Gasteiger partial charge is 0.239 e. The predicted molar refractivity (Wildman–Crippen MR) is 88.7 cm³/mol. The molecule has 2 rings (SSSR count). The van der Waals surface area contributed by atoms with Crippen molar-refractivity contribution in [3.8, 4) is 0 Å². The van der Waals surface area contributed by atoms with E-state index in [1.54, 1.807) is 0 Å². The van der Waals surface area contributed by atoms with Crippen molar-refractivity contribution in [2.75, 3.05) is 13.1 Å². The maximum absolute atomic E-state index is 11.8. The van der Waals surface area contributed by atoms with E-state index in [2.05, 4.69) is 10.6 Å². The molecule has 1 aromatic rings. The Labute approximate surface area is 137 Å². The van der Waals surface area contributed by atoms with Gasteiger partial charge in [0.25, 0.3) is 0 Å². The van der Waals surface area contributed by atoms with Crippen LogP contribution in [0.15, 0.2) is 24.3 Å². The van der Waals surface area contributed by atoms with Crippen molar-refractivity contribution in [2.24, 2.45) is 5.92 Å². The molecule has 0 radical (unpaired) electrons. The topological polar surface area (TPSA) is 78.4 Å². The first-order valence-electron chi connectivity index (χ1n) is 8.33. The van der Waals surface area contributed by atoms with E-state index in [1.165, 1.54) is 12.8 Å². The number of amides is 2. The number of hydrogen-bond acceptors (Lipinski definition) is 3. The summed E-state index contributed by atoms with van der Waals surface area (Å²) < 4.78 is 0. The first-order valence-corrected chi connectivity index (χ1v) is 8.33. The van der Waals surface area contributed by atoms with Crippen molar-refractivity contribution in [3.05, 3.63) is 35.4 Å². The van der Waals surface area contributed by atoms with Gasteiger partial charge in [-0.15, -0.1) is 0 Å². The molecule has 1 aliphatic carbocycles. The van der Waals surface area contributed by atoms with E-state index < -0.39 is 6.10 Å². The van der Waals surface area contributed by atoms with Crippen LogP contribution in [-0.4, -0.2) is 30.0 Å². The molecule has 1 unspecified atom stereocenters. The summed E-state index contributed by atoms with van der Waals surface area (Å²) in [5.74, 6) is 0.129. The number of benzene rings is 1. The van der Waals surface area contributed by atoms with Crippen molar-refractivity contribution in [1.29, 1.82) is 0 Å². The molecule has 0 spiro atoms. The molecule has 5 nitrogen and oxygen atoms in total. The summed E-state index contributed by atoms with van der Waals surface area (Å²) in [5.41, 5.74) is 1.79. The van der Waals surface area contributed by atoms with Crippen molar-refractivity contribution < 1.29 is 14.7 Å². The molecule has 1 saturated carbocycles. The molecule has 1 atom stereocenters. The third kappa shape index (κ3) is 5.67. The van der Waals surface area contributed by atoms with E-state index in [0.717, 1.165) is 24.0 Å². The van der Waals surface area contributed by atoms with E-state index in [-0.39, 0.29) is 24.9 Å². The van der Waals surface area contributed by atoms with Gasteiger partial charge in [0.05, 0.1) is 12.6 Å². The molecule has 1 fully saturated rings. The lowest BCUT2D eigenvalue weighted by molar-refractivity contribution is -0.126. The normalized spacial score (nSPS) is 16.1. The van der Waals surface area contributed by atoms with Crippen LogP contribution in [-0.2, 0) is 9.59 Å². The molecule has 1 aliphatic rings. The van der Waals surface area contributed by atoms with E-state index in [4.69, 9.17) is 0 Å². The van der Waals surface area contributed by atoms with Crippen LogP contribution in [0.5, 0.6) is 0 Å². The van der Waals surface area contributed by atoms with Gasteiger partial charge in [-0.2, -0.15) is 0 Å². The second-order valence-electron chi connectivity index (χ2n) is 6.31. The van der Waals surface area contributed by atoms with Crippen molar-refractivity contribution >= 4 is 11.8 Å². The second kappa shape index (κ2) is 8.67. The Morgan fingerprint density at radius 1 is 1.17 bits per heavy atom. The lowest BCUT2D eigenvalue weighted by Gasteiger charge is -2.15. The van der Waals surface area contributed by atoms with Crippen molar-refractivity contribution in [1.82, 2.24) is 10.6 Å². The Hall–Kier alpha value is -1.88. The minimum Gasteiger partial charge on any atom is -0.387 e. The monoisotopic (exact) mass is 318 g/mol. The molecule has 5 heteroatoms. The summed E-state index contributed by atoms with van der Waals surface area (Å²) in [6, 6.07) is 7.53. The van der Waals surface area contributed by atoms with Gasteiger partial charge in [-0.05, 0) is 36.8 Å². The van der Waals surface area contributed by atoms with E-state index in [9.17, 15) is 14.7 Å². The van der Waals surface area contributed by atoms with Gasteiger partial charge in [-0.25, -0.2) is 0 Å². The number of aryl methyl sites for hydroxylation is 1. The lowest BCUT2D eigenvalue weighted by Crippen LogP contribution is -2.39. The summed E-state index contributed by atoms with van der Waals surface area (Å²) in [7, 11) is 0. The zero-order chi connectivity index (χ0) is 16.7. The number of nitrogens with one attached hydrogen (secondary N) is 2. The van der Waals surface area contributed by atoms with Gasteiger partial charge in [-0.3, -0.25) is 9.59 Å². The Balaban J connectivity index is 1.66. The highest BCUT2D eigenvalue weighted by Crippen LogP contribution is 2.27. The molecule has 126 valence electrons. The number of hydrogen-bond donors (Lipinski definition) is 3. The highest BCUT2D eigenvalue weighted by molar-refractivity contribution is 5.84. The molecule has 0 bridgehead atoms. The van der Waals surface area contributed by atoms with E-state index >= 15 is 0 Å². The van der Waals surface area contributed by atoms with Crippen LogP contribution < -0.4 is 10.6 Å². The van der Waals surface area contributed by atoms with Crippen LogP contribution in [0.2, 0.25) is 0 Å². The average molecular weight is 318 g/mol. The fraction of sp³-hybridized carbons (Fsp3) is 0.556. The van der Waals surface area contributed by atoms with Gasteiger partial charge in [-0.1, -0.05) is 37.1 Å². The molecule has 1 aromatic carbocycles. The second-order valence-corrected chi connectivity index (χ2v) is 6.31. The SMILES string of the molecule is Cc1ccccc1C(O)CNC(=O)CNC(=O)CC1CCCC1. The highest BCUT2D eigenvalue weighted by atomic mass is 16.3. The molecule has 23 heavy (non-hydrogen) atoms. The summed E-state index contributed by atoms with van der Waals surface area (Å²) in [6.07, 6.45) is 4.41. The van der Waals surface area contributed by atoms with Crippen LogP contribution in [0.1, 0.15) is 49.3 Å². The van der Waals surface area contributed by atoms with Gasteiger partial charge in [0, 0.05) is 13.0 Å². The Morgan fingerprint density at radius 2 is 1.87 bits per heavy atom. The molecular formula is C18H26N2O3. The zero-order valence-corrected chi connectivity index (χ0v) is 13.7. The fourth-order valence-corrected chi connectivity index (χ4v) is 3.07. The number of carbonyl (C=O) groups excluding carboxylic acids is 2. The summed E-state index contributed by atoms with van der Waals surface area (Å²) in [4.78, 5) is 23.5. The molecular weight excluding hydrogens is 292 g/mol. The third-order valence-electron chi connectivity index (χ3n) is 4.43. The summed E-state index contributed by atoms with van der Waals surface area (Å²) >= 11 is 0. The maximum Gasteiger partial charge on any atom is 0.239 e. The van der Waals surface area contributed by atoms with Crippen LogP contribution in [0.4, 0.5) is 0 Å². The molecule has 2 amide bonds. The van der Waals surface area contributed by atoms with Gasteiger partial charge < -0.3 is 15.7 Å². The van der Waals surface area contributed by atoms with Crippen LogP contribution in [0.25, 0.3) is 0 Å². The Morgan fingerprint density at radius 3 is 2.57 bits per heavy atom. The largest absolute Gasteiger partial charge is 0.387 e. The maximum atomic E-state index is 11.8. The molecule has 3 N–H and O–H groups in total. The highest BCUT2D eigenvalue weighted by Gasteiger charge is 2.18. The fourth-order valence-electron chi connectivity index (χ4n) is 3.07. The van der Waals surface area contributed by atoms with Gasteiger partial charge in [0.15, 0.2) is 0 Å². The predicted octanol–water partition coefficient (Wildman–Crippen LogP) is 1.84. The van der Waals surface area contributed by atoms with Gasteiger partial charge >= 0.3 is 0 Å². The lowest BCUT2D eigenvalue weighted by atomic mass is 10.0. The first kappa shape index (κ1) is 17.5. The zero-order valence-electron chi connectivity index (χ0n) is 13.7. The van der Waals surface area contributed by atoms with Crippen LogP contribution in [0.3, 0.4) is 0 Å². The molecule has 0 aliphatic heterocycles. The number of rotatable bonds is 7. The minimum absolute atomic E-state index is 0.0357. The van der Waals surface area contributed by atoms with E-state index in [1.807, 2.05) is 31.2 Å². The number of aliphatic hydroxyl groups is 1. The van der Waals surface area contributed by atoms with Crippen LogP contribution >= 0.6 is 0 Å². The standard InChI is InChI=1S/C18H26N2O3/c1-13-6-2-5-9-15(13)16(21)11-19-18(23)12-20-17(22)10-14-7-3-4-8-14/h2,5-6,9,14,16,21H,3-4,7-8,10-12H2,1H3,(H,19,23)(H,20,22). The summed E-state index contributed by atoms with van der Waals surface area (Å²) in [5, 5.41) is 15.4. The minimum atomic E-state index is -0.741. The Bertz CT molecular complexity index is 539.